The molecule has 2 N–H and O–H groups in total. The Balaban J connectivity index is 0.00000341. The maximum absolute atomic E-state index is 12.6. The van der Waals surface area contributed by atoms with Crippen molar-refractivity contribution in [1.29, 1.82) is 0 Å². The number of aliphatic imine (C=N–C) groups is 1. The van der Waals surface area contributed by atoms with Crippen LogP contribution in [0, 0.1) is 12.8 Å². The first-order chi connectivity index (χ1) is 14.6. The first kappa shape index (κ1) is 26.3. The highest BCUT2D eigenvalue weighted by Gasteiger charge is 2.29. The number of benzene rings is 1. The van der Waals surface area contributed by atoms with E-state index in [1.165, 1.54) is 28.9 Å². The summed E-state index contributed by atoms with van der Waals surface area (Å²) in [7, 11) is 1.81. The molecular weight excluding hydrogens is 521 g/mol. The van der Waals surface area contributed by atoms with Crippen LogP contribution in [0.1, 0.15) is 36.8 Å². The van der Waals surface area contributed by atoms with E-state index in [1.54, 1.807) is 11.8 Å². The Morgan fingerprint density at radius 3 is 2.52 bits per heavy atom. The third kappa shape index (κ3) is 7.82. The van der Waals surface area contributed by atoms with E-state index in [0.717, 1.165) is 64.6 Å². The van der Waals surface area contributed by atoms with Gasteiger partial charge in [0.25, 0.3) is 0 Å². The molecule has 8 heteroatoms. The van der Waals surface area contributed by atoms with Crippen molar-refractivity contribution in [1.82, 2.24) is 20.4 Å². The number of rotatable bonds is 7. The Morgan fingerprint density at radius 1 is 1.16 bits per heavy atom. The fraction of sp³-hybridized carbons (Fsp3) is 0.652. The van der Waals surface area contributed by atoms with Crippen molar-refractivity contribution in [3.63, 3.8) is 0 Å². The first-order valence-electron chi connectivity index (χ1n) is 11.2. The first-order valence-corrected chi connectivity index (χ1v) is 12.4. The molecule has 0 unspecified atom stereocenters. The van der Waals surface area contributed by atoms with Gasteiger partial charge >= 0.3 is 0 Å². The number of aryl methyl sites for hydroxylation is 1. The zero-order valence-electron chi connectivity index (χ0n) is 19.2. The minimum Gasteiger partial charge on any atom is -0.355 e. The maximum Gasteiger partial charge on any atom is 0.225 e. The highest BCUT2D eigenvalue weighted by Crippen LogP contribution is 2.27. The van der Waals surface area contributed by atoms with Gasteiger partial charge in [-0.15, -0.1) is 35.7 Å². The minimum atomic E-state index is 0. The molecule has 1 amide bonds. The fourth-order valence-corrected chi connectivity index (χ4v) is 5.06. The van der Waals surface area contributed by atoms with Gasteiger partial charge in [0.1, 0.15) is 0 Å². The second-order valence-corrected chi connectivity index (χ2v) is 9.16. The SMILES string of the molecule is CN=C(NCCN1CCN(C(=O)C2CCCC2)CC1)NCc1ccc(C)cc1SC.I. The van der Waals surface area contributed by atoms with Gasteiger partial charge in [-0.05, 0) is 43.2 Å². The van der Waals surface area contributed by atoms with Crippen molar-refractivity contribution in [2.45, 2.75) is 44.0 Å². The van der Waals surface area contributed by atoms with Crippen LogP contribution in [0.2, 0.25) is 0 Å². The number of halogens is 1. The van der Waals surface area contributed by atoms with Gasteiger partial charge in [-0.2, -0.15) is 0 Å². The van der Waals surface area contributed by atoms with Gasteiger partial charge in [-0.25, -0.2) is 0 Å². The molecule has 1 aromatic carbocycles. The Hall–Kier alpha value is -1.000. The van der Waals surface area contributed by atoms with Crippen LogP contribution in [0.5, 0.6) is 0 Å². The number of carbonyl (C=O) groups is 1. The van der Waals surface area contributed by atoms with E-state index in [0.29, 0.717) is 11.8 Å². The summed E-state index contributed by atoms with van der Waals surface area (Å²) in [6.45, 7) is 8.37. The molecule has 1 heterocycles. The lowest BCUT2D eigenvalue weighted by Crippen LogP contribution is -2.51. The maximum atomic E-state index is 12.6. The summed E-state index contributed by atoms with van der Waals surface area (Å²) in [5.41, 5.74) is 2.58. The number of amides is 1. The van der Waals surface area contributed by atoms with E-state index >= 15 is 0 Å². The van der Waals surface area contributed by atoms with Crippen molar-refractivity contribution in [2.75, 3.05) is 52.6 Å². The Kier molecular flexibility index (Phi) is 11.5. The summed E-state index contributed by atoms with van der Waals surface area (Å²) in [5, 5.41) is 6.85. The molecule has 2 aliphatic rings. The zero-order valence-corrected chi connectivity index (χ0v) is 22.3. The van der Waals surface area contributed by atoms with Gasteiger partial charge in [-0.1, -0.05) is 25.0 Å². The van der Waals surface area contributed by atoms with Crippen LogP contribution in [0.25, 0.3) is 0 Å². The average Bonchev–Trinajstić information content (AvgIpc) is 3.31. The average molecular weight is 560 g/mol. The van der Waals surface area contributed by atoms with E-state index in [-0.39, 0.29) is 24.0 Å². The molecule has 1 aliphatic heterocycles. The third-order valence-electron chi connectivity index (χ3n) is 6.22. The van der Waals surface area contributed by atoms with Gasteiger partial charge in [0.15, 0.2) is 5.96 Å². The molecule has 0 aromatic heterocycles. The van der Waals surface area contributed by atoms with Crippen molar-refractivity contribution in [3.8, 4) is 0 Å². The molecule has 1 saturated carbocycles. The van der Waals surface area contributed by atoms with Crippen molar-refractivity contribution in [2.24, 2.45) is 10.9 Å². The Morgan fingerprint density at radius 2 is 1.87 bits per heavy atom. The van der Waals surface area contributed by atoms with Crippen molar-refractivity contribution in [3.05, 3.63) is 29.3 Å². The van der Waals surface area contributed by atoms with Gasteiger partial charge in [0.2, 0.25) is 5.91 Å². The van der Waals surface area contributed by atoms with Crippen LogP contribution in [0.15, 0.2) is 28.1 Å². The number of guanidine groups is 1. The Bertz CT molecular complexity index is 731. The van der Waals surface area contributed by atoms with Gasteiger partial charge in [0, 0.05) is 63.7 Å². The fourth-order valence-electron chi connectivity index (χ4n) is 4.35. The van der Waals surface area contributed by atoms with Crippen LogP contribution < -0.4 is 10.6 Å². The van der Waals surface area contributed by atoms with Gasteiger partial charge in [-0.3, -0.25) is 14.7 Å². The number of thioether (sulfide) groups is 1. The molecule has 0 spiro atoms. The van der Waals surface area contributed by atoms with Crippen LogP contribution in [0.3, 0.4) is 0 Å². The molecule has 0 radical (unpaired) electrons. The molecule has 6 nitrogen and oxygen atoms in total. The normalized spacial score (nSPS) is 18.0. The molecule has 174 valence electrons. The quantitative estimate of drug-likeness (QED) is 0.232. The molecule has 1 aliphatic carbocycles. The molecule has 2 fully saturated rings. The molecule has 1 saturated heterocycles. The lowest BCUT2D eigenvalue weighted by molar-refractivity contribution is -0.137. The third-order valence-corrected chi connectivity index (χ3v) is 7.04. The van der Waals surface area contributed by atoms with E-state index in [4.69, 9.17) is 0 Å². The monoisotopic (exact) mass is 559 g/mol. The van der Waals surface area contributed by atoms with Gasteiger partial charge < -0.3 is 15.5 Å². The number of nitrogens with one attached hydrogen (secondary N) is 2. The minimum absolute atomic E-state index is 0. The lowest BCUT2D eigenvalue weighted by Gasteiger charge is -2.36. The highest BCUT2D eigenvalue weighted by molar-refractivity contribution is 14.0. The lowest BCUT2D eigenvalue weighted by atomic mass is 10.1. The topological polar surface area (TPSA) is 60.0 Å². The van der Waals surface area contributed by atoms with Gasteiger partial charge in [0.05, 0.1) is 0 Å². The van der Waals surface area contributed by atoms with E-state index in [9.17, 15) is 4.79 Å². The standard InChI is InChI=1S/C23H37N5OS.HI/c1-18-8-9-20(21(16-18)30-3)17-26-23(24-2)25-10-11-27-12-14-28(15-13-27)22(29)19-6-4-5-7-19;/h8-9,16,19H,4-7,10-15,17H2,1-3H3,(H2,24,25,26);1H. The molecule has 0 bridgehead atoms. The van der Waals surface area contributed by atoms with Crippen LogP contribution in [-0.4, -0.2) is 74.2 Å². The Labute approximate surface area is 209 Å². The number of hydrogen-bond donors (Lipinski definition) is 2. The molecule has 1 aromatic rings. The predicted molar refractivity (Wildman–Crippen MR) is 142 cm³/mol. The molecule has 0 atom stereocenters. The zero-order chi connectivity index (χ0) is 21.3. The molecule has 3 rings (SSSR count). The molecule has 31 heavy (non-hydrogen) atoms. The second kappa shape index (κ2) is 13.5. The highest BCUT2D eigenvalue weighted by atomic mass is 127. The summed E-state index contributed by atoms with van der Waals surface area (Å²) < 4.78 is 0. The summed E-state index contributed by atoms with van der Waals surface area (Å²) >= 11 is 1.78. The van der Waals surface area contributed by atoms with E-state index in [2.05, 4.69) is 56.8 Å². The summed E-state index contributed by atoms with van der Waals surface area (Å²) in [6.07, 6.45) is 6.75. The largest absolute Gasteiger partial charge is 0.355 e. The van der Waals surface area contributed by atoms with E-state index in [1.807, 2.05) is 7.05 Å². The van der Waals surface area contributed by atoms with Crippen molar-refractivity contribution >= 4 is 47.6 Å². The number of carbonyl (C=O) groups excluding carboxylic acids is 1. The van der Waals surface area contributed by atoms with E-state index < -0.39 is 0 Å². The summed E-state index contributed by atoms with van der Waals surface area (Å²) in [6, 6.07) is 6.58. The van der Waals surface area contributed by atoms with Crippen molar-refractivity contribution < 1.29 is 4.79 Å². The van der Waals surface area contributed by atoms with Crippen LogP contribution in [0.4, 0.5) is 0 Å². The molecular formula is C23H38IN5OS. The summed E-state index contributed by atoms with van der Waals surface area (Å²) in [5.74, 6) is 1.53. The predicted octanol–water partition coefficient (Wildman–Crippen LogP) is 3.33. The number of hydrogen-bond acceptors (Lipinski definition) is 4. The number of piperazine rings is 1. The van der Waals surface area contributed by atoms with Crippen LogP contribution in [-0.2, 0) is 11.3 Å². The second-order valence-electron chi connectivity index (χ2n) is 8.32. The smallest absolute Gasteiger partial charge is 0.225 e. The number of nitrogens with zero attached hydrogens (tertiary/aromatic N) is 3. The van der Waals surface area contributed by atoms with Crippen LogP contribution >= 0.6 is 35.7 Å². The summed E-state index contributed by atoms with van der Waals surface area (Å²) in [4.78, 5) is 22.8.